The van der Waals surface area contributed by atoms with E-state index in [0.29, 0.717) is 10.8 Å². The lowest BCUT2D eigenvalue weighted by Crippen LogP contribution is -2.50. The molecule has 0 aromatic rings. The minimum Gasteiger partial charge on any atom is -0.462 e. The number of carbonyl (C=O) groups excluding carboxylic acids is 1. The third-order valence-corrected chi connectivity index (χ3v) is 10.4. The summed E-state index contributed by atoms with van der Waals surface area (Å²) in [6, 6.07) is 0. The quantitative estimate of drug-likeness (QED) is 0.226. The highest BCUT2D eigenvalue weighted by atomic mass is 16.5. The van der Waals surface area contributed by atoms with Gasteiger partial charge in [-0.15, -0.1) is 0 Å². The molecule has 4 aliphatic rings. The molecule has 2 nitrogen and oxygen atoms in total. The lowest BCUT2D eigenvalue weighted by molar-refractivity contribution is -0.148. The standard InChI is InChI=1S/C30H48O2/c1-20(2)9-7-8-10-21(3)26-13-14-27-25-12-11-23-19-24(32-22(4)31)15-17-29(23,5)28(25)16-18-30(26,27)6/h11,20,24-28H,3,7-10,12-19H2,1-2,4-6H3/t24-,25-,26+,27?,28?,29-,30+/m0/s1. The Labute approximate surface area is 197 Å². The maximum atomic E-state index is 11.5. The molecule has 2 unspecified atom stereocenters. The molecular weight excluding hydrogens is 392 g/mol. The maximum absolute atomic E-state index is 11.5. The molecule has 0 amide bonds. The van der Waals surface area contributed by atoms with Gasteiger partial charge in [0.25, 0.3) is 0 Å². The summed E-state index contributed by atoms with van der Waals surface area (Å²) in [6.07, 6.45) is 17.9. The smallest absolute Gasteiger partial charge is 0.302 e. The van der Waals surface area contributed by atoms with E-state index in [2.05, 4.69) is 40.3 Å². The van der Waals surface area contributed by atoms with E-state index in [1.54, 1.807) is 18.1 Å². The van der Waals surface area contributed by atoms with Gasteiger partial charge in [-0.05, 0) is 98.2 Å². The first kappa shape index (κ1) is 24.1. The lowest BCUT2D eigenvalue weighted by Gasteiger charge is -2.58. The van der Waals surface area contributed by atoms with Gasteiger partial charge in [0.05, 0.1) is 0 Å². The van der Waals surface area contributed by atoms with Crippen molar-refractivity contribution >= 4 is 5.97 Å². The van der Waals surface area contributed by atoms with Crippen LogP contribution in [-0.4, -0.2) is 12.1 Å². The Hall–Kier alpha value is -1.05. The minimum atomic E-state index is -0.122. The summed E-state index contributed by atoms with van der Waals surface area (Å²) in [5.41, 5.74) is 3.96. The van der Waals surface area contributed by atoms with Gasteiger partial charge in [-0.3, -0.25) is 4.79 Å². The maximum Gasteiger partial charge on any atom is 0.302 e. The first-order valence-electron chi connectivity index (χ1n) is 13.7. The van der Waals surface area contributed by atoms with E-state index in [9.17, 15) is 4.79 Å². The van der Waals surface area contributed by atoms with Crippen molar-refractivity contribution in [2.24, 2.45) is 40.4 Å². The van der Waals surface area contributed by atoms with E-state index in [0.717, 1.165) is 42.4 Å². The van der Waals surface area contributed by atoms with Gasteiger partial charge in [0.15, 0.2) is 0 Å². The molecule has 0 spiro atoms. The van der Waals surface area contributed by atoms with Gasteiger partial charge in [-0.1, -0.05) is 64.3 Å². The van der Waals surface area contributed by atoms with Crippen LogP contribution < -0.4 is 0 Å². The molecule has 4 rings (SSSR count). The van der Waals surface area contributed by atoms with Crippen LogP contribution in [0.1, 0.15) is 112 Å². The highest BCUT2D eigenvalue weighted by Crippen LogP contribution is 2.67. The second-order valence-electron chi connectivity index (χ2n) is 12.7. The number of ether oxygens (including phenoxy) is 1. The summed E-state index contributed by atoms with van der Waals surface area (Å²) in [6.45, 7) is 16.0. The Morgan fingerprint density at radius 1 is 1.12 bits per heavy atom. The van der Waals surface area contributed by atoms with E-state index >= 15 is 0 Å². The number of unbranched alkanes of at least 4 members (excludes halogenated alkanes) is 1. The van der Waals surface area contributed by atoms with E-state index < -0.39 is 0 Å². The van der Waals surface area contributed by atoms with Crippen LogP contribution in [0.5, 0.6) is 0 Å². The SMILES string of the molecule is C=C(CCCCC(C)C)[C@H]1CCC2[C@@H]3CC=C4C[C@@H](OC(C)=O)CC[C@]4(C)C3CC[C@@]21C. The molecule has 2 heteroatoms. The zero-order valence-corrected chi connectivity index (χ0v) is 21.6. The molecule has 0 aliphatic heterocycles. The predicted molar refractivity (Wildman–Crippen MR) is 133 cm³/mol. The fourth-order valence-electron chi connectivity index (χ4n) is 8.71. The zero-order chi connectivity index (χ0) is 23.1. The Morgan fingerprint density at radius 2 is 1.91 bits per heavy atom. The Kier molecular flexibility index (Phi) is 7.00. The van der Waals surface area contributed by atoms with Crippen molar-refractivity contribution in [3.05, 3.63) is 23.8 Å². The van der Waals surface area contributed by atoms with Crippen LogP contribution >= 0.6 is 0 Å². The van der Waals surface area contributed by atoms with Gasteiger partial charge in [0.1, 0.15) is 6.10 Å². The van der Waals surface area contributed by atoms with Crippen LogP contribution in [0.2, 0.25) is 0 Å². The van der Waals surface area contributed by atoms with Crippen LogP contribution in [0.4, 0.5) is 0 Å². The van der Waals surface area contributed by atoms with Crippen molar-refractivity contribution in [2.75, 3.05) is 0 Å². The van der Waals surface area contributed by atoms with Crippen LogP contribution in [0.3, 0.4) is 0 Å². The van der Waals surface area contributed by atoms with Gasteiger partial charge in [0.2, 0.25) is 0 Å². The topological polar surface area (TPSA) is 26.3 Å². The number of hydrogen-bond donors (Lipinski definition) is 0. The first-order valence-corrected chi connectivity index (χ1v) is 13.7. The molecular formula is C30H48O2. The zero-order valence-electron chi connectivity index (χ0n) is 21.6. The number of esters is 1. The third-order valence-electron chi connectivity index (χ3n) is 10.4. The predicted octanol–water partition coefficient (Wildman–Crippen LogP) is 8.27. The van der Waals surface area contributed by atoms with Crippen LogP contribution in [-0.2, 0) is 9.53 Å². The Bertz CT molecular complexity index is 748. The Balaban J connectivity index is 1.44. The first-order chi connectivity index (χ1) is 15.1. The number of carbonyl (C=O) groups is 1. The molecule has 0 bridgehead atoms. The highest BCUT2D eigenvalue weighted by molar-refractivity contribution is 5.66. The van der Waals surface area contributed by atoms with E-state index in [-0.39, 0.29) is 12.1 Å². The normalized spacial score (nSPS) is 40.8. The number of allylic oxidation sites excluding steroid dienone is 2. The third kappa shape index (κ3) is 4.37. The summed E-state index contributed by atoms with van der Waals surface area (Å²) in [5.74, 6) is 3.96. The molecule has 180 valence electrons. The number of rotatable bonds is 7. The molecule has 4 aliphatic carbocycles. The van der Waals surface area contributed by atoms with Crippen molar-refractivity contribution in [1.82, 2.24) is 0 Å². The van der Waals surface area contributed by atoms with Gasteiger partial charge >= 0.3 is 5.97 Å². The second-order valence-corrected chi connectivity index (χ2v) is 12.7. The number of hydrogen-bond acceptors (Lipinski definition) is 2. The van der Waals surface area contributed by atoms with Crippen molar-refractivity contribution in [1.29, 1.82) is 0 Å². The lowest BCUT2D eigenvalue weighted by atomic mass is 9.47. The van der Waals surface area contributed by atoms with Crippen LogP contribution in [0.25, 0.3) is 0 Å². The van der Waals surface area contributed by atoms with Gasteiger partial charge < -0.3 is 4.74 Å². The molecule has 0 N–H and O–H groups in total. The molecule has 3 fully saturated rings. The average molecular weight is 441 g/mol. The molecule has 0 aromatic carbocycles. The molecule has 0 heterocycles. The molecule has 0 aromatic heterocycles. The van der Waals surface area contributed by atoms with Gasteiger partial charge in [-0.25, -0.2) is 0 Å². The van der Waals surface area contributed by atoms with E-state index in [4.69, 9.17) is 4.74 Å². The van der Waals surface area contributed by atoms with E-state index in [1.165, 1.54) is 64.2 Å². The van der Waals surface area contributed by atoms with Gasteiger partial charge in [0, 0.05) is 13.3 Å². The van der Waals surface area contributed by atoms with Crippen LogP contribution in [0, 0.1) is 40.4 Å². The van der Waals surface area contributed by atoms with E-state index in [1.807, 2.05) is 0 Å². The fourth-order valence-corrected chi connectivity index (χ4v) is 8.71. The molecule has 7 atom stereocenters. The van der Waals surface area contributed by atoms with Crippen molar-refractivity contribution in [3.63, 3.8) is 0 Å². The minimum absolute atomic E-state index is 0.104. The highest BCUT2D eigenvalue weighted by Gasteiger charge is 2.58. The molecule has 3 saturated carbocycles. The van der Waals surface area contributed by atoms with Crippen molar-refractivity contribution in [3.8, 4) is 0 Å². The largest absolute Gasteiger partial charge is 0.462 e. The number of fused-ring (bicyclic) bond motifs is 5. The second kappa shape index (κ2) is 9.30. The summed E-state index contributed by atoms with van der Waals surface area (Å²) in [5, 5.41) is 0. The summed E-state index contributed by atoms with van der Waals surface area (Å²) in [4.78, 5) is 11.5. The summed E-state index contributed by atoms with van der Waals surface area (Å²) < 4.78 is 5.61. The van der Waals surface area contributed by atoms with Crippen LogP contribution in [0.15, 0.2) is 23.8 Å². The van der Waals surface area contributed by atoms with Gasteiger partial charge in [-0.2, -0.15) is 0 Å². The molecule has 0 radical (unpaired) electrons. The van der Waals surface area contributed by atoms with Crippen molar-refractivity contribution in [2.45, 2.75) is 118 Å². The molecule has 0 saturated heterocycles. The van der Waals surface area contributed by atoms with Crippen molar-refractivity contribution < 1.29 is 9.53 Å². The monoisotopic (exact) mass is 440 g/mol. The molecule has 32 heavy (non-hydrogen) atoms. The summed E-state index contributed by atoms with van der Waals surface area (Å²) in [7, 11) is 0. The average Bonchev–Trinajstić information content (AvgIpc) is 3.08. The fraction of sp³-hybridized carbons (Fsp3) is 0.833. The Morgan fingerprint density at radius 3 is 2.62 bits per heavy atom. The summed E-state index contributed by atoms with van der Waals surface area (Å²) >= 11 is 0.